The molecule has 3 heteroatoms. The summed E-state index contributed by atoms with van der Waals surface area (Å²) in [6.07, 6.45) is 2.64. The number of hydrogen-bond acceptors (Lipinski definition) is 1. The minimum absolute atomic E-state index is 0.232. The molecule has 2 aromatic rings. The van der Waals surface area contributed by atoms with Crippen molar-refractivity contribution in [2.75, 3.05) is 5.32 Å². The highest BCUT2D eigenvalue weighted by Crippen LogP contribution is 2.39. The smallest absolute Gasteiger partial charge is 0.147 e. The summed E-state index contributed by atoms with van der Waals surface area (Å²) in [6.45, 7) is 0.629. The van der Waals surface area contributed by atoms with E-state index in [0.29, 0.717) is 12.2 Å². The summed E-state index contributed by atoms with van der Waals surface area (Å²) in [5.41, 5.74) is 3.11. The van der Waals surface area contributed by atoms with Gasteiger partial charge in [0.1, 0.15) is 5.82 Å². The van der Waals surface area contributed by atoms with Gasteiger partial charge in [-0.2, -0.15) is 0 Å². The molecule has 2 aromatic carbocycles. The zero-order valence-electron chi connectivity index (χ0n) is 10.5. The summed E-state index contributed by atoms with van der Waals surface area (Å²) in [5, 5.41) is 3.14. The molecule has 0 spiro atoms. The highest BCUT2D eigenvalue weighted by molar-refractivity contribution is 9.10. The molecule has 0 radical (unpaired) electrons. The largest absolute Gasteiger partial charge is 0.378 e. The Labute approximate surface area is 121 Å². The summed E-state index contributed by atoms with van der Waals surface area (Å²) in [5.74, 6) is 0.548. The van der Waals surface area contributed by atoms with E-state index in [9.17, 15) is 4.39 Å². The van der Waals surface area contributed by atoms with Gasteiger partial charge in [-0.1, -0.05) is 30.3 Å². The van der Waals surface area contributed by atoms with E-state index in [1.807, 2.05) is 6.07 Å². The van der Waals surface area contributed by atoms with Crippen LogP contribution in [0.25, 0.3) is 0 Å². The second kappa shape index (κ2) is 5.33. The third kappa shape index (κ3) is 2.98. The van der Waals surface area contributed by atoms with Crippen LogP contribution in [0.5, 0.6) is 0 Å². The van der Waals surface area contributed by atoms with Crippen LogP contribution < -0.4 is 5.32 Å². The van der Waals surface area contributed by atoms with Crippen molar-refractivity contribution in [3.05, 3.63) is 63.9 Å². The fourth-order valence-corrected chi connectivity index (χ4v) is 2.66. The van der Waals surface area contributed by atoms with Gasteiger partial charge in [0.25, 0.3) is 0 Å². The van der Waals surface area contributed by atoms with E-state index in [4.69, 9.17) is 0 Å². The van der Waals surface area contributed by atoms with Gasteiger partial charge in [-0.3, -0.25) is 0 Å². The lowest BCUT2D eigenvalue weighted by Crippen LogP contribution is -2.02. The van der Waals surface area contributed by atoms with Crippen LogP contribution in [-0.4, -0.2) is 0 Å². The molecule has 1 aliphatic carbocycles. The van der Waals surface area contributed by atoms with Gasteiger partial charge in [0, 0.05) is 11.0 Å². The first-order valence-corrected chi connectivity index (χ1v) is 7.30. The lowest BCUT2D eigenvalue weighted by molar-refractivity contribution is 0.629. The Kier molecular flexibility index (Phi) is 3.56. The van der Waals surface area contributed by atoms with Gasteiger partial charge in [0.15, 0.2) is 0 Å². The van der Waals surface area contributed by atoms with Crippen LogP contribution in [0.15, 0.2) is 46.9 Å². The monoisotopic (exact) mass is 319 g/mol. The molecule has 0 amide bonds. The van der Waals surface area contributed by atoms with E-state index in [2.05, 4.69) is 45.5 Å². The predicted octanol–water partition coefficient (Wildman–Crippen LogP) is 5.08. The van der Waals surface area contributed by atoms with Gasteiger partial charge < -0.3 is 5.32 Å². The summed E-state index contributed by atoms with van der Waals surface area (Å²) in [4.78, 5) is 0. The van der Waals surface area contributed by atoms with Crippen molar-refractivity contribution in [2.45, 2.75) is 25.3 Å². The zero-order chi connectivity index (χ0) is 13.2. The SMILES string of the molecule is Fc1cccc(Br)c1NCc1ccc(C2CC2)cc1. The van der Waals surface area contributed by atoms with Crippen molar-refractivity contribution < 1.29 is 4.39 Å². The van der Waals surface area contributed by atoms with E-state index in [-0.39, 0.29) is 5.82 Å². The van der Waals surface area contributed by atoms with Crippen LogP contribution in [0.3, 0.4) is 0 Å². The second-order valence-electron chi connectivity index (χ2n) is 4.97. The van der Waals surface area contributed by atoms with E-state index >= 15 is 0 Å². The number of anilines is 1. The molecular formula is C16H15BrFN. The van der Waals surface area contributed by atoms with E-state index in [0.717, 1.165) is 10.4 Å². The normalized spacial score (nSPS) is 14.4. The van der Waals surface area contributed by atoms with E-state index < -0.39 is 0 Å². The molecule has 0 aromatic heterocycles. The average Bonchev–Trinajstić information content (AvgIpc) is 3.23. The highest BCUT2D eigenvalue weighted by atomic mass is 79.9. The van der Waals surface area contributed by atoms with Crippen LogP contribution in [0.2, 0.25) is 0 Å². The lowest BCUT2D eigenvalue weighted by atomic mass is 10.1. The first-order valence-electron chi connectivity index (χ1n) is 6.51. The lowest BCUT2D eigenvalue weighted by Gasteiger charge is -2.10. The molecule has 0 saturated heterocycles. The first kappa shape index (κ1) is 12.7. The minimum Gasteiger partial charge on any atom is -0.378 e. The van der Waals surface area contributed by atoms with Crippen LogP contribution in [0.1, 0.15) is 29.9 Å². The maximum atomic E-state index is 13.6. The molecule has 0 bridgehead atoms. The molecule has 1 saturated carbocycles. The molecule has 1 aliphatic rings. The third-order valence-electron chi connectivity index (χ3n) is 3.46. The van der Waals surface area contributed by atoms with Crippen molar-refractivity contribution in [3.8, 4) is 0 Å². The third-order valence-corrected chi connectivity index (χ3v) is 4.12. The first-order chi connectivity index (χ1) is 9.24. The van der Waals surface area contributed by atoms with Gasteiger partial charge in [0.2, 0.25) is 0 Å². The number of para-hydroxylation sites is 1. The predicted molar refractivity (Wildman–Crippen MR) is 79.8 cm³/mol. The Morgan fingerprint density at radius 3 is 2.47 bits per heavy atom. The van der Waals surface area contributed by atoms with Crippen molar-refractivity contribution in [2.24, 2.45) is 0 Å². The summed E-state index contributed by atoms with van der Waals surface area (Å²) < 4.78 is 14.4. The van der Waals surface area contributed by atoms with Crippen LogP contribution in [0, 0.1) is 5.82 Å². The Hall–Kier alpha value is -1.35. The van der Waals surface area contributed by atoms with Crippen molar-refractivity contribution in [1.29, 1.82) is 0 Å². The van der Waals surface area contributed by atoms with Gasteiger partial charge in [-0.15, -0.1) is 0 Å². The molecular weight excluding hydrogens is 305 g/mol. The molecule has 0 heterocycles. The van der Waals surface area contributed by atoms with E-state index in [1.54, 1.807) is 6.07 Å². The standard InChI is InChI=1S/C16H15BrFN/c17-14-2-1-3-15(18)16(14)19-10-11-4-6-12(7-5-11)13-8-9-13/h1-7,13,19H,8-10H2. The number of hydrogen-bond donors (Lipinski definition) is 1. The molecule has 19 heavy (non-hydrogen) atoms. The topological polar surface area (TPSA) is 12.0 Å². The molecule has 0 unspecified atom stereocenters. The fraction of sp³-hybridized carbons (Fsp3) is 0.250. The van der Waals surface area contributed by atoms with Gasteiger partial charge in [0.05, 0.1) is 5.69 Å². The highest BCUT2D eigenvalue weighted by Gasteiger charge is 2.22. The summed E-state index contributed by atoms with van der Waals surface area (Å²) >= 11 is 3.36. The van der Waals surface area contributed by atoms with Crippen LogP contribution in [0.4, 0.5) is 10.1 Å². The average molecular weight is 320 g/mol. The molecule has 1 fully saturated rings. The molecule has 1 nitrogen and oxygen atoms in total. The molecule has 0 atom stereocenters. The van der Waals surface area contributed by atoms with Crippen LogP contribution in [-0.2, 0) is 6.54 Å². The van der Waals surface area contributed by atoms with E-state index in [1.165, 1.54) is 30.0 Å². The summed E-state index contributed by atoms with van der Waals surface area (Å²) in [7, 11) is 0. The van der Waals surface area contributed by atoms with Gasteiger partial charge in [-0.25, -0.2) is 4.39 Å². The van der Waals surface area contributed by atoms with Crippen molar-refractivity contribution in [3.63, 3.8) is 0 Å². The molecule has 0 aliphatic heterocycles. The maximum Gasteiger partial charge on any atom is 0.147 e. The molecule has 3 rings (SSSR count). The zero-order valence-corrected chi connectivity index (χ0v) is 12.1. The Bertz CT molecular complexity index is 556. The van der Waals surface area contributed by atoms with Crippen molar-refractivity contribution >= 4 is 21.6 Å². The van der Waals surface area contributed by atoms with Crippen LogP contribution >= 0.6 is 15.9 Å². The van der Waals surface area contributed by atoms with Crippen molar-refractivity contribution in [1.82, 2.24) is 0 Å². The summed E-state index contributed by atoms with van der Waals surface area (Å²) in [6, 6.07) is 13.6. The quantitative estimate of drug-likeness (QED) is 0.828. The Morgan fingerprint density at radius 1 is 1.11 bits per heavy atom. The number of halogens is 2. The number of rotatable bonds is 4. The number of nitrogens with one attached hydrogen (secondary N) is 1. The maximum absolute atomic E-state index is 13.6. The van der Waals surface area contributed by atoms with Gasteiger partial charge >= 0.3 is 0 Å². The second-order valence-corrected chi connectivity index (χ2v) is 5.82. The minimum atomic E-state index is -0.232. The molecule has 98 valence electrons. The molecule has 1 N–H and O–H groups in total. The fourth-order valence-electron chi connectivity index (χ4n) is 2.18. The van der Waals surface area contributed by atoms with Gasteiger partial charge in [-0.05, 0) is 57.9 Å². The Morgan fingerprint density at radius 2 is 1.84 bits per heavy atom. The Balaban J connectivity index is 1.68. The number of benzene rings is 2.